The molecule has 25 heavy (non-hydrogen) atoms. The lowest BCUT2D eigenvalue weighted by molar-refractivity contribution is -0.123. The Kier molecular flexibility index (Phi) is 5.04. The third kappa shape index (κ3) is 4.19. The van der Waals surface area contributed by atoms with E-state index >= 15 is 0 Å². The van der Waals surface area contributed by atoms with Gasteiger partial charge in [0.15, 0.2) is 17.6 Å². The molecule has 0 bridgehead atoms. The fourth-order valence-electron chi connectivity index (χ4n) is 2.13. The zero-order valence-electron chi connectivity index (χ0n) is 13.3. The molecule has 1 aromatic carbocycles. The fourth-order valence-corrected chi connectivity index (χ4v) is 2.24. The van der Waals surface area contributed by atoms with Crippen LogP contribution in [0.1, 0.15) is 17.3 Å². The number of esters is 1. The number of anilines is 1. The molecule has 0 radical (unpaired) electrons. The third-order valence-electron chi connectivity index (χ3n) is 3.41. The maximum Gasteiger partial charge on any atom is 0.339 e. The summed E-state index contributed by atoms with van der Waals surface area (Å²) in [6.07, 6.45) is 0.404. The first kappa shape index (κ1) is 17.0. The number of pyridine rings is 1. The van der Waals surface area contributed by atoms with Crippen LogP contribution in [0.3, 0.4) is 0 Å². The first-order valence-corrected chi connectivity index (χ1v) is 7.94. The van der Waals surface area contributed by atoms with Crippen LogP contribution in [-0.4, -0.2) is 36.2 Å². The topological polar surface area (TPSA) is 86.8 Å². The maximum absolute atomic E-state index is 12.2. The number of fused-ring (bicyclic) bond motifs is 1. The van der Waals surface area contributed by atoms with Gasteiger partial charge in [0.2, 0.25) is 0 Å². The summed E-state index contributed by atoms with van der Waals surface area (Å²) in [4.78, 5) is 28.3. The lowest BCUT2D eigenvalue weighted by Gasteiger charge is -2.19. The molecule has 130 valence electrons. The lowest BCUT2D eigenvalue weighted by Crippen LogP contribution is -2.30. The van der Waals surface area contributed by atoms with Crippen LogP contribution in [0.5, 0.6) is 11.5 Å². The van der Waals surface area contributed by atoms with E-state index < -0.39 is 18.0 Å². The van der Waals surface area contributed by atoms with Gasteiger partial charge in [-0.15, -0.1) is 0 Å². The number of ether oxygens (including phenoxy) is 3. The number of amides is 1. The van der Waals surface area contributed by atoms with Crippen LogP contribution in [0.25, 0.3) is 0 Å². The molecule has 1 aliphatic heterocycles. The summed E-state index contributed by atoms with van der Waals surface area (Å²) in [5.74, 6) is 0.228. The lowest BCUT2D eigenvalue weighted by atomic mass is 10.2. The van der Waals surface area contributed by atoms with Gasteiger partial charge in [-0.2, -0.15) is 0 Å². The quantitative estimate of drug-likeness (QED) is 0.841. The van der Waals surface area contributed by atoms with Crippen molar-refractivity contribution in [2.75, 3.05) is 18.5 Å². The van der Waals surface area contributed by atoms with Crippen molar-refractivity contribution in [2.24, 2.45) is 0 Å². The molecular weight excluding hydrogens is 348 g/mol. The molecule has 3 rings (SSSR count). The maximum atomic E-state index is 12.2. The molecule has 0 aliphatic carbocycles. The van der Waals surface area contributed by atoms with Crippen molar-refractivity contribution in [3.05, 3.63) is 47.1 Å². The van der Waals surface area contributed by atoms with E-state index in [-0.39, 0.29) is 5.56 Å². The molecule has 0 unspecified atom stereocenters. The third-order valence-corrected chi connectivity index (χ3v) is 3.63. The number of nitrogens with one attached hydrogen (secondary N) is 1. The second kappa shape index (κ2) is 7.40. The molecule has 1 aliphatic rings. The Labute approximate surface area is 148 Å². The van der Waals surface area contributed by atoms with E-state index in [0.717, 1.165) is 0 Å². The summed E-state index contributed by atoms with van der Waals surface area (Å²) in [6.45, 7) is 2.35. The van der Waals surface area contributed by atoms with Crippen LogP contribution < -0.4 is 14.8 Å². The van der Waals surface area contributed by atoms with E-state index in [1.807, 2.05) is 0 Å². The largest absolute Gasteiger partial charge is 0.486 e. The zero-order chi connectivity index (χ0) is 17.8. The Bertz CT molecular complexity index is 794. The van der Waals surface area contributed by atoms with Crippen molar-refractivity contribution in [1.29, 1.82) is 0 Å². The van der Waals surface area contributed by atoms with E-state index in [2.05, 4.69) is 10.3 Å². The Morgan fingerprint density at radius 1 is 1.20 bits per heavy atom. The van der Waals surface area contributed by atoms with Crippen LogP contribution in [0, 0.1) is 0 Å². The predicted molar refractivity (Wildman–Crippen MR) is 90.2 cm³/mol. The number of carbonyl (C=O) groups is 2. The van der Waals surface area contributed by atoms with Crippen molar-refractivity contribution in [3.8, 4) is 11.5 Å². The molecular formula is C17H15ClN2O5. The summed E-state index contributed by atoms with van der Waals surface area (Å²) in [7, 11) is 0. The van der Waals surface area contributed by atoms with Gasteiger partial charge in [-0.05, 0) is 37.3 Å². The number of aromatic nitrogens is 1. The number of rotatable bonds is 4. The van der Waals surface area contributed by atoms with Crippen molar-refractivity contribution in [2.45, 2.75) is 13.0 Å². The van der Waals surface area contributed by atoms with Crippen LogP contribution >= 0.6 is 11.6 Å². The Morgan fingerprint density at radius 2 is 1.96 bits per heavy atom. The average molecular weight is 363 g/mol. The number of hydrogen-bond donors (Lipinski definition) is 1. The first-order chi connectivity index (χ1) is 12.0. The van der Waals surface area contributed by atoms with Gasteiger partial charge >= 0.3 is 5.97 Å². The van der Waals surface area contributed by atoms with Gasteiger partial charge in [-0.3, -0.25) is 4.79 Å². The molecule has 1 N–H and O–H groups in total. The normalized spacial score (nSPS) is 13.7. The minimum atomic E-state index is -1.00. The van der Waals surface area contributed by atoms with Gasteiger partial charge in [0.25, 0.3) is 5.91 Å². The van der Waals surface area contributed by atoms with Crippen molar-refractivity contribution < 1.29 is 23.8 Å². The molecule has 2 aromatic rings. The summed E-state index contributed by atoms with van der Waals surface area (Å²) in [5, 5.41) is 3.00. The molecule has 1 amide bonds. The highest BCUT2D eigenvalue weighted by Crippen LogP contribution is 2.31. The van der Waals surface area contributed by atoms with Crippen molar-refractivity contribution >= 4 is 29.3 Å². The second-order valence-electron chi connectivity index (χ2n) is 5.26. The summed E-state index contributed by atoms with van der Waals surface area (Å²) < 4.78 is 16.0. The highest BCUT2D eigenvalue weighted by Gasteiger charge is 2.21. The summed E-state index contributed by atoms with van der Waals surface area (Å²) in [5.41, 5.74) is 0.272. The average Bonchev–Trinajstić information content (AvgIpc) is 2.63. The van der Waals surface area contributed by atoms with E-state index in [1.165, 1.54) is 19.2 Å². The molecule has 1 aromatic heterocycles. The molecule has 0 spiro atoms. The minimum absolute atomic E-state index is 0.272. The molecule has 2 heterocycles. The Morgan fingerprint density at radius 3 is 2.68 bits per heavy atom. The van der Waals surface area contributed by atoms with Crippen molar-refractivity contribution in [1.82, 2.24) is 4.98 Å². The van der Waals surface area contributed by atoms with Gasteiger partial charge in [0.1, 0.15) is 19.0 Å². The molecule has 0 saturated carbocycles. The molecule has 1 atom stereocenters. The molecule has 0 saturated heterocycles. The Balaban J connectivity index is 1.61. The van der Waals surface area contributed by atoms with E-state index in [4.69, 9.17) is 25.8 Å². The van der Waals surface area contributed by atoms with Crippen LogP contribution in [0.15, 0.2) is 36.5 Å². The number of hydrogen-bond acceptors (Lipinski definition) is 6. The van der Waals surface area contributed by atoms with Gasteiger partial charge in [-0.25, -0.2) is 9.78 Å². The fraction of sp³-hybridized carbons (Fsp3) is 0.235. The van der Waals surface area contributed by atoms with Crippen LogP contribution in [0.2, 0.25) is 5.02 Å². The van der Waals surface area contributed by atoms with E-state index in [0.29, 0.717) is 35.6 Å². The SMILES string of the molecule is C[C@H](OC(=O)c1ccc2c(c1)OCCO2)C(=O)Nc1ccc(Cl)cn1. The summed E-state index contributed by atoms with van der Waals surface area (Å²) >= 11 is 5.73. The number of carbonyl (C=O) groups excluding carboxylic acids is 2. The second-order valence-corrected chi connectivity index (χ2v) is 5.69. The number of benzene rings is 1. The molecule has 8 heteroatoms. The molecule has 7 nitrogen and oxygen atoms in total. The standard InChI is InChI=1S/C17H15ClN2O5/c1-10(16(21)20-15-5-3-12(18)9-19-15)25-17(22)11-2-4-13-14(8-11)24-7-6-23-13/h2-5,8-10H,6-7H2,1H3,(H,19,20,21)/t10-/m0/s1. The van der Waals surface area contributed by atoms with E-state index in [1.54, 1.807) is 24.3 Å². The van der Waals surface area contributed by atoms with Gasteiger partial charge in [0, 0.05) is 6.20 Å². The van der Waals surface area contributed by atoms with Crippen LogP contribution in [0.4, 0.5) is 5.82 Å². The zero-order valence-corrected chi connectivity index (χ0v) is 14.1. The minimum Gasteiger partial charge on any atom is -0.486 e. The first-order valence-electron chi connectivity index (χ1n) is 7.56. The van der Waals surface area contributed by atoms with Crippen molar-refractivity contribution in [3.63, 3.8) is 0 Å². The number of halogens is 1. The predicted octanol–water partition coefficient (Wildman–Crippen LogP) is 2.69. The summed E-state index contributed by atoms with van der Waals surface area (Å²) in [6, 6.07) is 7.86. The molecule has 0 fully saturated rings. The highest BCUT2D eigenvalue weighted by atomic mass is 35.5. The van der Waals surface area contributed by atoms with E-state index in [9.17, 15) is 9.59 Å². The van der Waals surface area contributed by atoms with Gasteiger partial charge in [0.05, 0.1) is 10.6 Å². The Hall–Kier alpha value is -2.80. The van der Waals surface area contributed by atoms with Gasteiger partial charge < -0.3 is 19.5 Å². The highest BCUT2D eigenvalue weighted by molar-refractivity contribution is 6.30. The monoisotopic (exact) mass is 362 g/mol. The smallest absolute Gasteiger partial charge is 0.339 e. The number of nitrogens with zero attached hydrogens (tertiary/aromatic N) is 1. The van der Waals surface area contributed by atoms with Gasteiger partial charge in [-0.1, -0.05) is 11.6 Å². The van der Waals surface area contributed by atoms with Crippen LogP contribution in [-0.2, 0) is 9.53 Å².